The van der Waals surface area contributed by atoms with Crippen LogP contribution < -0.4 is 22.1 Å². The van der Waals surface area contributed by atoms with Gasteiger partial charge >= 0.3 is 0 Å². The molecule has 0 bridgehead atoms. The highest BCUT2D eigenvalue weighted by molar-refractivity contribution is 5.85. The molecule has 0 unspecified atom stereocenters. The molecule has 128 valence electrons. The van der Waals surface area contributed by atoms with Crippen molar-refractivity contribution in [1.29, 1.82) is 0 Å². The summed E-state index contributed by atoms with van der Waals surface area (Å²) in [6.45, 7) is 3.57. The second kappa shape index (κ2) is 9.58. The van der Waals surface area contributed by atoms with Crippen molar-refractivity contribution in [1.82, 2.24) is 10.6 Å². The molecule has 6 nitrogen and oxygen atoms in total. The van der Waals surface area contributed by atoms with Crippen molar-refractivity contribution in [2.75, 3.05) is 14.1 Å². The summed E-state index contributed by atoms with van der Waals surface area (Å²) in [6, 6.07) is 0. The van der Waals surface area contributed by atoms with Gasteiger partial charge in [0.15, 0.2) is 0 Å². The van der Waals surface area contributed by atoms with Crippen LogP contribution in [0.4, 0.5) is 0 Å². The number of hydrogen-bond acceptors (Lipinski definition) is 4. The number of nitrogens with one attached hydrogen (secondary N) is 2. The molecule has 0 heterocycles. The largest absolute Gasteiger partial charge is 0.368 e. The molecule has 0 saturated carbocycles. The highest BCUT2D eigenvalue weighted by atomic mass is 16.2. The highest BCUT2D eigenvalue weighted by Crippen LogP contribution is 2.14. The Morgan fingerprint density at radius 3 is 1.95 bits per heavy atom. The summed E-state index contributed by atoms with van der Waals surface area (Å²) in [5.41, 5.74) is 9.87. The summed E-state index contributed by atoms with van der Waals surface area (Å²) in [7, 11) is 3.34. The summed E-state index contributed by atoms with van der Waals surface area (Å²) >= 11 is 0. The summed E-state index contributed by atoms with van der Waals surface area (Å²) in [5.74, 6) is -0.454. The molecule has 6 N–H and O–H groups in total. The Bertz CT molecular complexity index is 394. The second-order valence-corrected chi connectivity index (χ2v) is 6.20. The number of carbonyl (C=O) groups is 2. The molecule has 0 saturated heterocycles. The predicted molar refractivity (Wildman–Crippen MR) is 90.2 cm³/mol. The van der Waals surface area contributed by atoms with Crippen molar-refractivity contribution in [3.8, 4) is 0 Å². The normalized spacial score (nSPS) is 17.0. The lowest BCUT2D eigenvalue weighted by Gasteiger charge is -2.24. The molecule has 0 radical (unpaired) electrons. The van der Waals surface area contributed by atoms with Crippen LogP contribution in [-0.2, 0) is 9.59 Å². The van der Waals surface area contributed by atoms with E-state index >= 15 is 0 Å². The van der Waals surface area contributed by atoms with Gasteiger partial charge in [-0.2, -0.15) is 0 Å². The monoisotopic (exact) mass is 312 g/mol. The van der Waals surface area contributed by atoms with Gasteiger partial charge in [0, 0.05) is 7.05 Å². The van der Waals surface area contributed by atoms with Gasteiger partial charge in [0.25, 0.3) is 0 Å². The molecule has 0 aromatic carbocycles. The average molecular weight is 312 g/mol. The van der Waals surface area contributed by atoms with Crippen LogP contribution in [-0.4, -0.2) is 37.0 Å². The van der Waals surface area contributed by atoms with Crippen LogP contribution in [0.5, 0.6) is 0 Å². The van der Waals surface area contributed by atoms with Gasteiger partial charge in [-0.25, -0.2) is 0 Å². The minimum atomic E-state index is -0.807. The molecule has 6 heteroatoms. The van der Waals surface area contributed by atoms with Crippen LogP contribution in [0.2, 0.25) is 0 Å². The maximum Gasteiger partial charge on any atom is 0.239 e. The van der Waals surface area contributed by atoms with E-state index < -0.39 is 11.1 Å². The standard InChI is InChI=1S/C16H32N4O2/c1-15(18,14(22)19-3)11-9-7-5-6-8-10-12-16(2,20-4)13(17)21/h5-6,20H,7-12,18H2,1-4H3,(H2,17,21)(H,19,22)/b6-5+/t15-,16-/m0/s1. The minimum Gasteiger partial charge on any atom is -0.368 e. The van der Waals surface area contributed by atoms with E-state index in [2.05, 4.69) is 22.8 Å². The molecule has 0 spiro atoms. The third kappa shape index (κ3) is 7.04. The first-order valence-corrected chi connectivity index (χ1v) is 7.84. The number of allylic oxidation sites excluding steroid dienone is 2. The van der Waals surface area contributed by atoms with Crippen LogP contribution in [0.1, 0.15) is 52.4 Å². The molecule has 2 amide bonds. The van der Waals surface area contributed by atoms with E-state index in [1.54, 1.807) is 21.0 Å². The van der Waals surface area contributed by atoms with Crippen molar-refractivity contribution in [3.63, 3.8) is 0 Å². The fourth-order valence-corrected chi connectivity index (χ4v) is 2.17. The first-order valence-electron chi connectivity index (χ1n) is 7.84. The fraction of sp³-hybridized carbons (Fsp3) is 0.750. The maximum atomic E-state index is 11.5. The number of amides is 2. The molecule has 0 aromatic heterocycles. The van der Waals surface area contributed by atoms with Gasteiger partial charge in [-0.15, -0.1) is 0 Å². The van der Waals surface area contributed by atoms with Crippen molar-refractivity contribution < 1.29 is 9.59 Å². The quantitative estimate of drug-likeness (QED) is 0.334. The average Bonchev–Trinajstić information content (AvgIpc) is 2.48. The molecule has 22 heavy (non-hydrogen) atoms. The Labute approximate surface area is 134 Å². The van der Waals surface area contributed by atoms with E-state index in [0.717, 1.165) is 25.7 Å². The number of carbonyl (C=O) groups excluding carboxylic acids is 2. The molecule has 0 aromatic rings. The Kier molecular flexibility index (Phi) is 8.97. The molecule has 2 atom stereocenters. The molecule has 0 aliphatic heterocycles. The van der Waals surface area contributed by atoms with E-state index in [1.807, 2.05) is 6.92 Å². The summed E-state index contributed by atoms with van der Waals surface area (Å²) in [6.07, 6.45) is 9.11. The minimum absolute atomic E-state index is 0.130. The van der Waals surface area contributed by atoms with Crippen LogP contribution in [0.15, 0.2) is 12.2 Å². The van der Waals surface area contributed by atoms with Crippen LogP contribution >= 0.6 is 0 Å². The number of likely N-dealkylation sites (N-methyl/N-ethyl adjacent to an activating group) is 2. The number of nitrogens with two attached hydrogens (primary N) is 2. The van der Waals surface area contributed by atoms with Crippen LogP contribution in [0.25, 0.3) is 0 Å². The van der Waals surface area contributed by atoms with Crippen molar-refractivity contribution >= 4 is 11.8 Å². The Morgan fingerprint density at radius 1 is 1.05 bits per heavy atom. The van der Waals surface area contributed by atoms with Gasteiger partial charge < -0.3 is 22.1 Å². The summed E-state index contributed by atoms with van der Waals surface area (Å²) < 4.78 is 0. The van der Waals surface area contributed by atoms with E-state index in [0.29, 0.717) is 12.8 Å². The number of hydrogen-bond donors (Lipinski definition) is 4. The molecule has 0 aliphatic rings. The fourth-order valence-electron chi connectivity index (χ4n) is 2.17. The third-order valence-electron chi connectivity index (χ3n) is 4.12. The topological polar surface area (TPSA) is 110 Å². The van der Waals surface area contributed by atoms with Crippen molar-refractivity contribution in [3.05, 3.63) is 12.2 Å². The summed E-state index contributed by atoms with van der Waals surface area (Å²) in [4.78, 5) is 22.8. The molecule has 0 aliphatic carbocycles. The zero-order valence-electron chi connectivity index (χ0n) is 14.4. The lowest BCUT2D eigenvalue weighted by Crippen LogP contribution is -2.51. The molecular weight excluding hydrogens is 280 g/mol. The van der Waals surface area contributed by atoms with Gasteiger partial charge in [-0.05, 0) is 59.4 Å². The van der Waals surface area contributed by atoms with Gasteiger partial charge in [-0.1, -0.05) is 12.2 Å². The number of rotatable bonds is 11. The zero-order valence-corrected chi connectivity index (χ0v) is 14.4. The van der Waals surface area contributed by atoms with E-state index in [9.17, 15) is 9.59 Å². The van der Waals surface area contributed by atoms with Gasteiger partial charge in [0.05, 0.1) is 11.1 Å². The SMILES string of the molecule is CNC(=O)[C@@](C)(N)CCC/C=C/CCC[C@](C)(NC)C(N)=O. The zero-order chi connectivity index (χ0) is 17.2. The first kappa shape index (κ1) is 20.6. The molecule has 0 fully saturated rings. The van der Waals surface area contributed by atoms with E-state index in [-0.39, 0.29) is 11.8 Å². The maximum absolute atomic E-state index is 11.5. The van der Waals surface area contributed by atoms with Crippen molar-refractivity contribution in [2.45, 2.75) is 63.5 Å². The Morgan fingerprint density at radius 2 is 1.55 bits per heavy atom. The highest BCUT2D eigenvalue weighted by Gasteiger charge is 2.27. The first-order chi connectivity index (χ1) is 10.2. The Balaban J connectivity index is 3.90. The number of primary amides is 1. The molecule has 0 rings (SSSR count). The van der Waals surface area contributed by atoms with Gasteiger partial charge in [0.1, 0.15) is 0 Å². The number of unbranched alkanes of at least 4 members (excludes halogenated alkanes) is 2. The van der Waals surface area contributed by atoms with Crippen LogP contribution in [0, 0.1) is 0 Å². The molecular formula is C16H32N4O2. The van der Waals surface area contributed by atoms with Crippen molar-refractivity contribution in [2.24, 2.45) is 11.5 Å². The Hall–Kier alpha value is -1.40. The van der Waals surface area contributed by atoms with E-state index in [1.165, 1.54) is 0 Å². The lowest BCUT2D eigenvalue weighted by molar-refractivity contribution is -0.125. The lowest BCUT2D eigenvalue weighted by atomic mass is 9.94. The predicted octanol–water partition coefficient (Wildman–Crippen LogP) is 0.810. The third-order valence-corrected chi connectivity index (χ3v) is 4.12. The van der Waals surface area contributed by atoms with Gasteiger partial charge in [0.2, 0.25) is 11.8 Å². The smallest absolute Gasteiger partial charge is 0.239 e. The van der Waals surface area contributed by atoms with Gasteiger partial charge in [-0.3, -0.25) is 9.59 Å². The summed E-state index contributed by atoms with van der Waals surface area (Å²) in [5, 5.41) is 5.55. The second-order valence-electron chi connectivity index (χ2n) is 6.20. The van der Waals surface area contributed by atoms with E-state index in [4.69, 9.17) is 11.5 Å². The van der Waals surface area contributed by atoms with Crippen LogP contribution in [0.3, 0.4) is 0 Å².